The van der Waals surface area contributed by atoms with Crippen molar-refractivity contribution in [2.24, 2.45) is 0 Å². The lowest BCUT2D eigenvalue weighted by Crippen LogP contribution is -2.09. The first kappa shape index (κ1) is 8.23. The zero-order valence-corrected chi connectivity index (χ0v) is 7.92. The van der Waals surface area contributed by atoms with Gasteiger partial charge < -0.3 is 4.74 Å². The smallest absolute Gasteiger partial charge is 0.163 e. The first-order valence-corrected chi connectivity index (χ1v) is 4.73. The molecule has 1 unspecified atom stereocenters. The molecule has 0 amide bonds. The summed E-state index contributed by atoms with van der Waals surface area (Å²) in [5.41, 5.74) is 1.89. The van der Waals surface area contributed by atoms with Crippen LogP contribution >= 0.6 is 0 Å². The highest BCUT2D eigenvalue weighted by molar-refractivity contribution is 5.60. The number of hydrogen-bond acceptors (Lipinski definition) is 3. The van der Waals surface area contributed by atoms with Gasteiger partial charge in [-0.15, -0.1) is 0 Å². The van der Waals surface area contributed by atoms with E-state index in [2.05, 4.69) is 15.4 Å². The molecule has 15 heavy (non-hydrogen) atoms. The minimum Gasteiger partial charge on any atom is -0.479 e. The molecule has 1 aliphatic rings. The highest BCUT2D eigenvalue weighted by Gasteiger charge is 2.17. The Bertz CT molecular complexity index is 490. The zero-order chi connectivity index (χ0) is 10.1. The van der Waals surface area contributed by atoms with Gasteiger partial charge in [0.25, 0.3) is 0 Å². The molecule has 3 rings (SSSR count). The van der Waals surface area contributed by atoms with E-state index in [4.69, 9.17) is 4.74 Å². The third-order valence-corrected chi connectivity index (χ3v) is 2.35. The zero-order valence-electron chi connectivity index (χ0n) is 7.92. The molecule has 1 N–H and O–H groups in total. The van der Waals surface area contributed by atoms with Crippen molar-refractivity contribution < 1.29 is 4.74 Å². The normalized spacial score (nSPS) is 18.3. The molecule has 0 saturated carbocycles. The fourth-order valence-corrected chi connectivity index (χ4v) is 1.60. The van der Waals surface area contributed by atoms with Crippen molar-refractivity contribution in [1.29, 1.82) is 0 Å². The third-order valence-electron chi connectivity index (χ3n) is 2.35. The second kappa shape index (κ2) is 3.24. The Labute approximate surface area is 86.6 Å². The van der Waals surface area contributed by atoms with Crippen LogP contribution in [-0.2, 0) is 0 Å². The van der Waals surface area contributed by atoms with Crippen molar-refractivity contribution in [3.05, 3.63) is 47.8 Å². The summed E-state index contributed by atoms with van der Waals surface area (Å²) in [7, 11) is 0. The van der Waals surface area contributed by atoms with Crippen LogP contribution in [0.4, 0.5) is 0 Å². The number of benzene rings is 1. The Morgan fingerprint density at radius 2 is 2.20 bits per heavy atom. The molecule has 1 atom stereocenters. The number of ether oxygens (including phenoxy) is 1. The first-order chi connectivity index (χ1) is 7.43. The van der Waals surface area contributed by atoms with Gasteiger partial charge in [0.05, 0.1) is 6.20 Å². The molecule has 0 radical (unpaired) electrons. The maximum absolute atomic E-state index is 5.77. The van der Waals surface area contributed by atoms with Crippen molar-refractivity contribution in [1.82, 2.24) is 15.4 Å². The van der Waals surface area contributed by atoms with Crippen molar-refractivity contribution in [3.63, 3.8) is 0 Å². The molecule has 4 nitrogen and oxygen atoms in total. The van der Waals surface area contributed by atoms with Gasteiger partial charge in [-0.2, -0.15) is 15.4 Å². The number of aromatic amines is 1. The van der Waals surface area contributed by atoms with Gasteiger partial charge in [0.1, 0.15) is 11.4 Å². The summed E-state index contributed by atoms with van der Waals surface area (Å²) in [6.07, 6.45) is 5.54. The summed E-state index contributed by atoms with van der Waals surface area (Å²) in [6, 6.07) is 7.91. The summed E-state index contributed by atoms with van der Waals surface area (Å²) in [6.45, 7) is 0. The summed E-state index contributed by atoms with van der Waals surface area (Å²) < 4.78 is 5.77. The molecule has 0 saturated heterocycles. The number of H-pyrrole nitrogens is 1. The van der Waals surface area contributed by atoms with Crippen LogP contribution in [0.2, 0.25) is 0 Å². The minimum absolute atomic E-state index is 0.140. The van der Waals surface area contributed by atoms with Crippen molar-refractivity contribution in [3.8, 4) is 5.75 Å². The van der Waals surface area contributed by atoms with Crippen LogP contribution in [0.15, 0.2) is 36.5 Å². The predicted octanol–water partition coefficient (Wildman–Crippen LogP) is 1.95. The van der Waals surface area contributed by atoms with Crippen molar-refractivity contribution in [2.75, 3.05) is 0 Å². The largest absolute Gasteiger partial charge is 0.479 e. The number of para-hydroxylation sites is 1. The third kappa shape index (κ3) is 1.40. The standard InChI is InChI=1S/C11H9N3O/c1-2-4-10-8(3-1)5-6-11(15-10)9-7-12-14-13-9/h1-7,11H,(H,12,13,14). The molecule has 4 heteroatoms. The van der Waals surface area contributed by atoms with Crippen LogP contribution in [0.5, 0.6) is 5.75 Å². The molecule has 2 heterocycles. The van der Waals surface area contributed by atoms with Gasteiger partial charge in [-0.25, -0.2) is 0 Å². The molecule has 1 aromatic heterocycles. The van der Waals surface area contributed by atoms with Crippen LogP contribution in [0.3, 0.4) is 0 Å². The van der Waals surface area contributed by atoms with Gasteiger partial charge in [0.2, 0.25) is 0 Å². The second-order valence-electron chi connectivity index (χ2n) is 3.33. The van der Waals surface area contributed by atoms with Gasteiger partial charge in [-0.05, 0) is 12.1 Å². The summed E-state index contributed by atoms with van der Waals surface area (Å²) in [4.78, 5) is 0. The maximum atomic E-state index is 5.77. The number of rotatable bonds is 1. The van der Waals surface area contributed by atoms with Crippen LogP contribution in [0.1, 0.15) is 17.4 Å². The van der Waals surface area contributed by atoms with Gasteiger partial charge in [0, 0.05) is 5.56 Å². The molecule has 0 bridgehead atoms. The van der Waals surface area contributed by atoms with Gasteiger partial charge in [-0.1, -0.05) is 24.3 Å². The van der Waals surface area contributed by atoms with E-state index in [0.29, 0.717) is 0 Å². The number of nitrogens with one attached hydrogen (secondary N) is 1. The Hall–Kier alpha value is -2.10. The van der Waals surface area contributed by atoms with Crippen molar-refractivity contribution in [2.45, 2.75) is 6.10 Å². The molecule has 1 aromatic carbocycles. The Kier molecular flexibility index (Phi) is 1.78. The summed E-state index contributed by atoms with van der Waals surface area (Å²) >= 11 is 0. The van der Waals surface area contributed by atoms with Crippen LogP contribution in [-0.4, -0.2) is 15.4 Å². The van der Waals surface area contributed by atoms with E-state index in [1.54, 1.807) is 6.20 Å². The topological polar surface area (TPSA) is 50.8 Å². The summed E-state index contributed by atoms with van der Waals surface area (Å²) in [5, 5.41) is 10.3. The van der Waals surface area contributed by atoms with E-state index in [1.165, 1.54) is 0 Å². The first-order valence-electron chi connectivity index (χ1n) is 4.73. The average Bonchev–Trinajstić information content (AvgIpc) is 2.82. The van der Waals surface area contributed by atoms with Crippen molar-refractivity contribution >= 4 is 6.08 Å². The molecule has 0 fully saturated rings. The Morgan fingerprint density at radius 3 is 3.07 bits per heavy atom. The number of aromatic nitrogens is 3. The molecular formula is C11H9N3O. The van der Waals surface area contributed by atoms with Gasteiger partial charge in [0.15, 0.2) is 6.10 Å². The lowest BCUT2D eigenvalue weighted by molar-refractivity contribution is 0.246. The molecule has 74 valence electrons. The number of hydrogen-bond donors (Lipinski definition) is 1. The quantitative estimate of drug-likeness (QED) is 0.763. The molecule has 2 aromatic rings. The van der Waals surface area contributed by atoms with E-state index in [0.717, 1.165) is 17.0 Å². The van der Waals surface area contributed by atoms with Crippen LogP contribution < -0.4 is 4.74 Å². The lowest BCUT2D eigenvalue weighted by atomic mass is 10.1. The molecule has 0 aliphatic carbocycles. The van der Waals surface area contributed by atoms with E-state index in [-0.39, 0.29) is 6.10 Å². The van der Waals surface area contributed by atoms with Crippen LogP contribution in [0, 0.1) is 0 Å². The Morgan fingerprint density at radius 1 is 1.27 bits per heavy atom. The summed E-state index contributed by atoms with van der Waals surface area (Å²) in [5.74, 6) is 0.882. The monoisotopic (exact) mass is 199 g/mol. The molecule has 1 aliphatic heterocycles. The SMILES string of the molecule is C1=CC(c2cn[nH]n2)Oc2ccccc21. The molecule has 0 spiro atoms. The van der Waals surface area contributed by atoms with E-state index in [9.17, 15) is 0 Å². The van der Waals surface area contributed by atoms with E-state index >= 15 is 0 Å². The van der Waals surface area contributed by atoms with E-state index in [1.807, 2.05) is 36.4 Å². The second-order valence-corrected chi connectivity index (χ2v) is 3.33. The lowest BCUT2D eigenvalue weighted by Gasteiger charge is -2.19. The maximum Gasteiger partial charge on any atom is 0.163 e. The Balaban J connectivity index is 1.96. The van der Waals surface area contributed by atoms with Crippen LogP contribution in [0.25, 0.3) is 6.08 Å². The molecular weight excluding hydrogens is 190 g/mol. The number of fused-ring (bicyclic) bond motifs is 1. The highest BCUT2D eigenvalue weighted by atomic mass is 16.5. The number of nitrogens with zero attached hydrogens (tertiary/aromatic N) is 2. The fourth-order valence-electron chi connectivity index (χ4n) is 1.60. The highest BCUT2D eigenvalue weighted by Crippen LogP contribution is 2.30. The van der Waals surface area contributed by atoms with Gasteiger partial charge in [-0.3, -0.25) is 0 Å². The predicted molar refractivity (Wildman–Crippen MR) is 55.2 cm³/mol. The van der Waals surface area contributed by atoms with E-state index < -0.39 is 0 Å². The van der Waals surface area contributed by atoms with Gasteiger partial charge >= 0.3 is 0 Å². The average molecular weight is 199 g/mol. The minimum atomic E-state index is -0.140. The fraction of sp³-hybridized carbons (Fsp3) is 0.0909.